The molecule has 120 valence electrons. The summed E-state index contributed by atoms with van der Waals surface area (Å²) in [5, 5.41) is 19.1. The molecule has 0 saturated heterocycles. The second-order valence-corrected chi connectivity index (χ2v) is 6.90. The maximum atomic E-state index is 10.9. The van der Waals surface area contributed by atoms with Gasteiger partial charge in [-0.3, -0.25) is 4.68 Å². The smallest absolute Gasteiger partial charge is 0.0766 e. The van der Waals surface area contributed by atoms with Crippen molar-refractivity contribution in [2.45, 2.75) is 77.5 Å². The highest BCUT2D eigenvalue weighted by molar-refractivity contribution is 9.10. The van der Waals surface area contributed by atoms with Crippen LogP contribution >= 0.6 is 15.9 Å². The van der Waals surface area contributed by atoms with Crippen LogP contribution < -0.4 is 5.32 Å². The SMILES string of the molecule is CCNC1CCC(O)(Cc2c(Br)c(CC)nn2CC)CC1. The first-order valence-corrected chi connectivity index (χ1v) is 9.02. The number of aryl methyl sites for hydroxylation is 2. The van der Waals surface area contributed by atoms with E-state index in [1.807, 2.05) is 4.68 Å². The quantitative estimate of drug-likeness (QED) is 0.822. The first-order chi connectivity index (χ1) is 10.0. The summed E-state index contributed by atoms with van der Waals surface area (Å²) in [6.07, 6.45) is 5.47. The van der Waals surface area contributed by atoms with Crippen molar-refractivity contribution >= 4 is 15.9 Å². The Labute approximate surface area is 136 Å². The Morgan fingerprint density at radius 3 is 2.52 bits per heavy atom. The van der Waals surface area contributed by atoms with Crippen molar-refractivity contribution in [3.8, 4) is 0 Å². The van der Waals surface area contributed by atoms with E-state index in [2.05, 4.69) is 47.1 Å². The zero-order chi connectivity index (χ0) is 15.5. The Kier molecular flexibility index (Phi) is 5.86. The molecular formula is C16H28BrN3O. The molecule has 0 radical (unpaired) electrons. The highest BCUT2D eigenvalue weighted by atomic mass is 79.9. The lowest BCUT2D eigenvalue weighted by atomic mass is 9.79. The van der Waals surface area contributed by atoms with Gasteiger partial charge < -0.3 is 10.4 Å². The highest BCUT2D eigenvalue weighted by Crippen LogP contribution is 2.34. The van der Waals surface area contributed by atoms with Crippen molar-refractivity contribution in [3.05, 3.63) is 15.9 Å². The Morgan fingerprint density at radius 1 is 1.33 bits per heavy atom. The van der Waals surface area contributed by atoms with E-state index < -0.39 is 5.60 Å². The number of hydrogen-bond acceptors (Lipinski definition) is 3. The molecular weight excluding hydrogens is 330 g/mol. The minimum Gasteiger partial charge on any atom is -0.389 e. The third kappa shape index (κ3) is 3.88. The molecule has 0 amide bonds. The maximum absolute atomic E-state index is 10.9. The lowest BCUT2D eigenvalue weighted by Crippen LogP contribution is -2.43. The van der Waals surface area contributed by atoms with E-state index in [1.165, 1.54) is 0 Å². The summed E-state index contributed by atoms with van der Waals surface area (Å²) < 4.78 is 3.13. The molecule has 1 fully saturated rings. The summed E-state index contributed by atoms with van der Waals surface area (Å²) in [7, 11) is 0. The highest BCUT2D eigenvalue weighted by Gasteiger charge is 2.35. The predicted molar refractivity (Wildman–Crippen MR) is 89.6 cm³/mol. The minimum atomic E-state index is -0.577. The van der Waals surface area contributed by atoms with Gasteiger partial charge in [0.1, 0.15) is 0 Å². The summed E-state index contributed by atoms with van der Waals surface area (Å²) in [4.78, 5) is 0. The molecule has 2 N–H and O–H groups in total. The van der Waals surface area contributed by atoms with Gasteiger partial charge >= 0.3 is 0 Å². The van der Waals surface area contributed by atoms with Crippen LogP contribution in [0.15, 0.2) is 4.47 Å². The molecule has 21 heavy (non-hydrogen) atoms. The van der Waals surface area contributed by atoms with Gasteiger partial charge in [0.25, 0.3) is 0 Å². The molecule has 0 spiro atoms. The standard InChI is InChI=1S/C16H28BrN3O/c1-4-13-15(17)14(20(6-3)19-13)11-16(21)9-7-12(8-10-16)18-5-2/h12,18,21H,4-11H2,1-3H3. The number of halogens is 1. The Hall–Kier alpha value is -0.390. The van der Waals surface area contributed by atoms with Gasteiger partial charge in [-0.1, -0.05) is 13.8 Å². The number of rotatable bonds is 6. The van der Waals surface area contributed by atoms with E-state index in [1.54, 1.807) is 0 Å². The maximum Gasteiger partial charge on any atom is 0.0766 e. The van der Waals surface area contributed by atoms with Crippen LogP contribution in [0.25, 0.3) is 0 Å². The van der Waals surface area contributed by atoms with Crippen LogP contribution in [0, 0.1) is 0 Å². The third-order valence-electron chi connectivity index (χ3n) is 4.60. The monoisotopic (exact) mass is 357 g/mol. The number of nitrogens with zero attached hydrogens (tertiary/aromatic N) is 2. The molecule has 1 aromatic heterocycles. The summed E-state index contributed by atoms with van der Waals surface area (Å²) in [6.45, 7) is 8.23. The van der Waals surface area contributed by atoms with Crippen LogP contribution in [0.1, 0.15) is 57.8 Å². The van der Waals surface area contributed by atoms with Crippen molar-refractivity contribution in [1.82, 2.24) is 15.1 Å². The van der Waals surface area contributed by atoms with Gasteiger partial charge in [-0.15, -0.1) is 0 Å². The minimum absolute atomic E-state index is 0.570. The van der Waals surface area contributed by atoms with Crippen molar-refractivity contribution in [3.63, 3.8) is 0 Å². The van der Waals surface area contributed by atoms with Gasteiger partial charge in [0.05, 0.1) is 21.5 Å². The molecule has 5 heteroatoms. The molecule has 1 saturated carbocycles. The summed E-state index contributed by atoms with van der Waals surface area (Å²) in [6, 6.07) is 0.570. The molecule has 1 aliphatic rings. The second-order valence-electron chi connectivity index (χ2n) is 6.11. The largest absolute Gasteiger partial charge is 0.389 e. The lowest BCUT2D eigenvalue weighted by Gasteiger charge is -2.36. The molecule has 0 atom stereocenters. The number of aliphatic hydroxyl groups is 1. The normalized spacial score (nSPS) is 26.2. The van der Waals surface area contributed by atoms with Crippen molar-refractivity contribution in [2.24, 2.45) is 0 Å². The fourth-order valence-electron chi connectivity index (χ4n) is 3.32. The number of aromatic nitrogens is 2. The van der Waals surface area contributed by atoms with Crippen LogP contribution in [0.4, 0.5) is 0 Å². The molecule has 1 aromatic rings. The summed E-state index contributed by atoms with van der Waals surface area (Å²) in [5.74, 6) is 0. The van der Waals surface area contributed by atoms with Crippen molar-refractivity contribution in [1.29, 1.82) is 0 Å². The molecule has 1 heterocycles. The molecule has 2 rings (SSSR count). The van der Waals surface area contributed by atoms with Crippen LogP contribution in [0.2, 0.25) is 0 Å². The number of hydrogen-bond donors (Lipinski definition) is 2. The molecule has 0 bridgehead atoms. The Balaban J connectivity index is 2.09. The van der Waals surface area contributed by atoms with Gasteiger partial charge in [0, 0.05) is 19.0 Å². The predicted octanol–water partition coefficient (Wildman–Crippen LogP) is 3.05. The van der Waals surface area contributed by atoms with Gasteiger partial charge in [-0.05, 0) is 61.5 Å². The van der Waals surface area contributed by atoms with E-state index in [9.17, 15) is 5.11 Å². The van der Waals surface area contributed by atoms with Crippen LogP contribution in [0.3, 0.4) is 0 Å². The first-order valence-electron chi connectivity index (χ1n) is 8.22. The Bertz CT molecular complexity index is 464. The van der Waals surface area contributed by atoms with E-state index >= 15 is 0 Å². The molecule has 0 aromatic carbocycles. The van der Waals surface area contributed by atoms with Crippen molar-refractivity contribution < 1.29 is 5.11 Å². The average molecular weight is 358 g/mol. The van der Waals surface area contributed by atoms with E-state index in [0.29, 0.717) is 12.5 Å². The fourth-order valence-corrected chi connectivity index (χ4v) is 4.03. The van der Waals surface area contributed by atoms with Crippen LogP contribution in [-0.2, 0) is 19.4 Å². The average Bonchev–Trinajstić information content (AvgIpc) is 2.78. The van der Waals surface area contributed by atoms with E-state index in [-0.39, 0.29) is 0 Å². The zero-order valence-corrected chi connectivity index (χ0v) is 15.0. The topological polar surface area (TPSA) is 50.1 Å². The first kappa shape index (κ1) is 17.0. The fraction of sp³-hybridized carbons (Fsp3) is 0.812. The lowest BCUT2D eigenvalue weighted by molar-refractivity contribution is -0.00469. The summed E-state index contributed by atoms with van der Waals surface area (Å²) in [5.41, 5.74) is 1.67. The van der Waals surface area contributed by atoms with Gasteiger partial charge in [-0.25, -0.2) is 0 Å². The third-order valence-corrected chi connectivity index (χ3v) is 5.52. The number of nitrogens with one attached hydrogen (secondary N) is 1. The summed E-state index contributed by atoms with van der Waals surface area (Å²) >= 11 is 3.68. The van der Waals surface area contributed by atoms with Crippen LogP contribution in [0.5, 0.6) is 0 Å². The van der Waals surface area contributed by atoms with E-state index in [4.69, 9.17) is 0 Å². The Morgan fingerprint density at radius 2 is 2.00 bits per heavy atom. The molecule has 0 unspecified atom stereocenters. The van der Waals surface area contributed by atoms with E-state index in [0.717, 1.165) is 61.1 Å². The van der Waals surface area contributed by atoms with Crippen LogP contribution in [-0.4, -0.2) is 33.1 Å². The molecule has 4 nitrogen and oxygen atoms in total. The van der Waals surface area contributed by atoms with Gasteiger partial charge in [0.2, 0.25) is 0 Å². The van der Waals surface area contributed by atoms with Gasteiger partial charge in [-0.2, -0.15) is 5.10 Å². The molecule has 0 aliphatic heterocycles. The van der Waals surface area contributed by atoms with Gasteiger partial charge in [0.15, 0.2) is 0 Å². The van der Waals surface area contributed by atoms with Crippen molar-refractivity contribution in [2.75, 3.05) is 6.54 Å². The second kappa shape index (κ2) is 7.25. The zero-order valence-electron chi connectivity index (χ0n) is 13.5. The molecule has 1 aliphatic carbocycles.